The van der Waals surface area contributed by atoms with Gasteiger partial charge >= 0.3 is 0 Å². The Bertz CT molecular complexity index is 1400. The third-order valence-electron chi connectivity index (χ3n) is 6.54. The molecule has 2 aliphatic rings. The van der Waals surface area contributed by atoms with Gasteiger partial charge in [-0.15, -0.1) is 0 Å². The zero-order chi connectivity index (χ0) is 24.5. The highest BCUT2D eigenvalue weighted by Gasteiger charge is 2.32. The van der Waals surface area contributed by atoms with Crippen molar-refractivity contribution < 1.29 is 19.1 Å². The number of hydrogen-bond acceptors (Lipinski definition) is 5. The van der Waals surface area contributed by atoms with E-state index in [0.717, 1.165) is 12.1 Å². The second-order valence-electron chi connectivity index (χ2n) is 8.87. The fourth-order valence-electron chi connectivity index (χ4n) is 4.74. The van der Waals surface area contributed by atoms with Gasteiger partial charge in [0.15, 0.2) is 17.3 Å². The van der Waals surface area contributed by atoms with Crippen LogP contribution in [0.3, 0.4) is 0 Å². The molecule has 0 radical (unpaired) electrons. The number of hydrogen-bond donors (Lipinski definition) is 1. The molecule has 9 heteroatoms. The summed E-state index contributed by atoms with van der Waals surface area (Å²) in [7, 11) is 0. The van der Waals surface area contributed by atoms with Gasteiger partial charge in [0.25, 0.3) is 5.91 Å². The van der Waals surface area contributed by atoms with Crippen molar-refractivity contribution >= 4 is 17.5 Å². The monoisotopic (exact) mass is 483 g/mol. The van der Waals surface area contributed by atoms with Gasteiger partial charge < -0.3 is 24.3 Å². The van der Waals surface area contributed by atoms with Crippen molar-refractivity contribution in [1.29, 1.82) is 0 Å². The van der Waals surface area contributed by atoms with E-state index in [9.17, 15) is 9.59 Å². The summed E-state index contributed by atoms with van der Waals surface area (Å²) in [6.45, 7) is 1.11. The van der Waals surface area contributed by atoms with E-state index in [-0.39, 0.29) is 24.5 Å². The van der Waals surface area contributed by atoms with Crippen LogP contribution >= 0.6 is 0 Å². The first kappa shape index (κ1) is 22.0. The summed E-state index contributed by atoms with van der Waals surface area (Å²) in [6.07, 6.45) is 6.86. The van der Waals surface area contributed by atoms with Gasteiger partial charge in [0.05, 0.1) is 17.8 Å². The van der Waals surface area contributed by atoms with Gasteiger partial charge in [-0.1, -0.05) is 18.2 Å². The number of benzene rings is 2. The number of anilines is 1. The van der Waals surface area contributed by atoms with Crippen molar-refractivity contribution in [3.05, 3.63) is 84.8 Å². The second-order valence-corrected chi connectivity index (χ2v) is 8.87. The molecule has 1 atom stereocenters. The zero-order valence-electron chi connectivity index (χ0n) is 19.5. The highest BCUT2D eigenvalue weighted by atomic mass is 16.7. The average molecular weight is 484 g/mol. The number of rotatable bonds is 5. The predicted molar refractivity (Wildman–Crippen MR) is 133 cm³/mol. The molecule has 0 aliphatic carbocycles. The van der Waals surface area contributed by atoms with Crippen LogP contribution in [0.1, 0.15) is 23.2 Å². The molecule has 1 fully saturated rings. The largest absolute Gasteiger partial charge is 0.454 e. The van der Waals surface area contributed by atoms with Crippen LogP contribution in [0.15, 0.2) is 79.3 Å². The number of amides is 2. The first-order valence-corrected chi connectivity index (χ1v) is 11.9. The molecule has 182 valence electrons. The van der Waals surface area contributed by atoms with E-state index in [1.807, 2.05) is 59.4 Å². The SMILES string of the molecule is O=C(Nc1ccc2c(c1)OCO2)[C@@H]1CCCN(C(=O)c2cnn(-c3ccccc3)c2-n2cccc2)C1. The lowest BCUT2D eigenvalue weighted by Gasteiger charge is -2.32. The Kier molecular flexibility index (Phi) is 5.65. The van der Waals surface area contributed by atoms with E-state index in [2.05, 4.69) is 10.4 Å². The number of carbonyl (C=O) groups is 2. The minimum atomic E-state index is -0.313. The summed E-state index contributed by atoms with van der Waals surface area (Å²) in [5, 5.41) is 7.51. The van der Waals surface area contributed by atoms with Crippen molar-refractivity contribution in [1.82, 2.24) is 19.2 Å². The summed E-state index contributed by atoms with van der Waals surface area (Å²) in [6, 6.07) is 18.9. The normalized spacial score (nSPS) is 16.7. The van der Waals surface area contributed by atoms with E-state index in [1.54, 1.807) is 34.0 Å². The summed E-state index contributed by atoms with van der Waals surface area (Å²) in [4.78, 5) is 28.5. The third kappa shape index (κ3) is 4.08. The number of carbonyl (C=O) groups excluding carboxylic acids is 2. The number of fused-ring (bicyclic) bond motifs is 1. The van der Waals surface area contributed by atoms with E-state index in [4.69, 9.17) is 9.47 Å². The maximum Gasteiger partial charge on any atom is 0.259 e. The molecule has 6 rings (SSSR count). The molecule has 0 bridgehead atoms. The van der Waals surface area contributed by atoms with E-state index < -0.39 is 0 Å². The Morgan fingerprint density at radius 1 is 0.972 bits per heavy atom. The number of para-hydroxylation sites is 1. The van der Waals surface area contributed by atoms with Crippen LogP contribution in [0.4, 0.5) is 5.69 Å². The van der Waals surface area contributed by atoms with E-state index in [1.165, 1.54) is 0 Å². The molecule has 1 N–H and O–H groups in total. The lowest BCUT2D eigenvalue weighted by molar-refractivity contribution is -0.121. The van der Waals surface area contributed by atoms with Crippen molar-refractivity contribution in [2.24, 2.45) is 5.92 Å². The third-order valence-corrected chi connectivity index (χ3v) is 6.54. The number of aromatic nitrogens is 3. The first-order chi connectivity index (χ1) is 17.7. The number of piperidine rings is 1. The van der Waals surface area contributed by atoms with Crippen LogP contribution in [-0.4, -0.2) is 50.9 Å². The summed E-state index contributed by atoms with van der Waals surface area (Å²) in [5.41, 5.74) is 2.00. The van der Waals surface area contributed by atoms with Crippen LogP contribution in [-0.2, 0) is 4.79 Å². The lowest BCUT2D eigenvalue weighted by Crippen LogP contribution is -2.44. The molecule has 2 aliphatic heterocycles. The van der Waals surface area contributed by atoms with Gasteiger partial charge in [0, 0.05) is 37.2 Å². The van der Waals surface area contributed by atoms with Gasteiger partial charge in [0.2, 0.25) is 12.7 Å². The van der Waals surface area contributed by atoms with Crippen molar-refractivity contribution in [3.63, 3.8) is 0 Å². The zero-order valence-corrected chi connectivity index (χ0v) is 19.5. The predicted octanol–water partition coefficient (Wildman–Crippen LogP) is 3.88. The van der Waals surface area contributed by atoms with Gasteiger partial charge in [-0.2, -0.15) is 5.10 Å². The fourth-order valence-corrected chi connectivity index (χ4v) is 4.74. The number of nitrogens with zero attached hydrogens (tertiary/aromatic N) is 4. The molecule has 36 heavy (non-hydrogen) atoms. The Morgan fingerprint density at radius 2 is 1.78 bits per heavy atom. The molecule has 0 spiro atoms. The van der Waals surface area contributed by atoms with Gasteiger partial charge in [0.1, 0.15) is 5.56 Å². The highest BCUT2D eigenvalue weighted by molar-refractivity contribution is 5.98. The Balaban J connectivity index is 1.22. The maximum atomic E-state index is 13.7. The fraction of sp³-hybridized carbons (Fsp3) is 0.222. The summed E-state index contributed by atoms with van der Waals surface area (Å²) in [5.74, 6) is 1.38. The van der Waals surface area contributed by atoms with Crippen LogP contribution in [0, 0.1) is 5.92 Å². The first-order valence-electron chi connectivity index (χ1n) is 11.9. The molecule has 0 unspecified atom stereocenters. The topological polar surface area (TPSA) is 90.6 Å². The minimum Gasteiger partial charge on any atom is -0.454 e. The van der Waals surface area contributed by atoms with E-state index in [0.29, 0.717) is 48.1 Å². The molecule has 4 heterocycles. The van der Waals surface area contributed by atoms with Crippen LogP contribution in [0.2, 0.25) is 0 Å². The molecule has 2 aromatic carbocycles. The maximum absolute atomic E-state index is 13.7. The average Bonchev–Trinajstić information content (AvgIpc) is 3.69. The molecule has 2 aromatic heterocycles. The van der Waals surface area contributed by atoms with Crippen molar-refractivity contribution in [2.75, 3.05) is 25.2 Å². The van der Waals surface area contributed by atoms with Crippen molar-refractivity contribution in [3.8, 4) is 23.0 Å². The molecule has 4 aromatic rings. The quantitative estimate of drug-likeness (QED) is 0.465. The smallest absolute Gasteiger partial charge is 0.259 e. The van der Waals surface area contributed by atoms with E-state index >= 15 is 0 Å². The summed E-state index contributed by atoms with van der Waals surface area (Å²) >= 11 is 0. The Hall–Kier alpha value is -4.53. The van der Waals surface area contributed by atoms with Crippen LogP contribution in [0.5, 0.6) is 11.5 Å². The van der Waals surface area contributed by atoms with Gasteiger partial charge in [-0.05, 0) is 49.2 Å². The number of nitrogens with one attached hydrogen (secondary N) is 1. The molecule has 0 saturated carbocycles. The van der Waals surface area contributed by atoms with Gasteiger partial charge in [-0.25, -0.2) is 4.68 Å². The second kappa shape index (κ2) is 9.26. The van der Waals surface area contributed by atoms with Crippen molar-refractivity contribution in [2.45, 2.75) is 12.8 Å². The van der Waals surface area contributed by atoms with Crippen LogP contribution in [0.25, 0.3) is 11.5 Å². The van der Waals surface area contributed by atoms with Crippen LogP contribution < -0.4 is 14.8 Å². The standard InChI is InChI=1S/C27H25N5O4/c33-25(29-20-10-11-23-24(15-20)36-18-35-23)19-7-6-14-31(17-19)27(34)22-16-28-32(21-8-2-1-3-9-21)26(22)30-12-4-5-13-30/h1-5,8-13,15-16,19H,6-7,14,17-18H2,(H,29,33)/t19-/m1/s1. The molecule has 2 amide bonds. The number of ether oxygens (including phenoxy) is 2. The molecular weight excluding hydrogens is 458 g/mol. The van der Waals surface area contributed by atoms with Gasteiger partial charge in [-0.3, -0.25) is 9.59 Å². The molecule has 1 saturated heterocycles. The molecule has 9 nitrogen and oxygen atoms in total. The Labute approximate surface area is 207 Å². The minimum absolute atomic E-state index is 0.114. The highest BCUT2D eigenvalue weighted by Crippen LogP contribution is 2.34. The lowest BCUT2D eigenvalue weighted by atomic mass is 9.96. The summed E-state index contributed by atoms with van der Waals surface area (Å²) < 4.78 is 14.4. The number of likely N-dealkylation sites (tertiary alicyclic amines) is 1. The Morgan fingerprint density at radius 3 is 2.61 bits per heavy atom. The molecular formula is C27H25N5O4.